The Hall–Kier alpha value is -2.78. The predicted molar refractivity (Wildman–Crippen MR) is 126 cm³/mol. The monoisotopic (exact) mass is 462 g/mol. The predicted octanol–water partition coefficient (Wildman–Crippen LogP) is 4.34. The molecule has 10 heteroatoms. The SMILES string of the molecule is CCC(CO)Nc1nc(NCc2ccc(Cl)c(O)c2O)c2nnc(C(C)C)c-2n1C(C)C. The number of phenolic OH excluding ortho intramolecular Hbond substituents is 2. The lowest BCUT2D eigenvalue weighted by atomic mass is 10.1. The lowest BCUT2D eigenvalue weighted by molar-refractivity contribution is 0.271. The van der Waals surface area contributed by atoms with E-state index in [0.717, 1.165) is 17.8 Å². The number of nitrogens with one attached hydrogen (secondary N) is 2. The Balaban J connectivity index is 2.10. The molecule has 0 bridgehead atoms. The van der Waals surface area contributed by atoms with Gasteiger partial charge in [0.15, 0.2) is 23.0 Å². The van der Waals surface area contributed by atoms with E-state index in [4.69, 9.17) is 16.6 Å². The first-order chi connectivity index (χ1) is 15.2. The third-order valence-electron chi connectivity index (χ3n) is 5.38. The summed E-state index contributed by atoms with van der Waals surface area (Å²) in [7, 11) is 0. The van der Waals surface area contributed by atoms with E-state index in [1.54, 1.807) is 6.07 Å². The molecule has 174 valence electrons. The number of aliphatic hydroxyl groups is 1. The lowest BCUT2D eigenvalue weighted by Gasteiger charge is -2.26. The highest BCUT2D eigenvalue weighted by Gasteiger charge is 2.28. The van der Waals surface area contributed by atoms with Gasteiger partial charge in [-0.3, -0.25) is 0 Å². The lowest BCUT2D eigenvalue weighted by Crippen LogP contribution is -2.27. The number of benzene rings is 1. The highest BCUT2D eigenvalue weighted by Crippen LogP contribution is 2.39. The number of halogens is 1. The van der Waals surface area contributed by atoms with Crippen LogP contribution in [-0.2, 0) is 6.54 Å². The van der Waals surface area contributed by atoms with Crippen LogP contribution in [0.25, 0.3) is 11.4 Å². The minimum Gasteiger partial charge on any atom is -0.504 e. The van der Waals surface area contributed by atoms with Gasteiger partial charge in [-0.15, -0.1) is 5.10 Å². The fourth-order valence-electron chi connectivity index (χ4n) is 3.53. The summed E-state index contributed by atoms with van der Waals surface area (Å²) in [6.07, 6.45) is 0.726. The van der Waals surface area contributed by atoms with E-state index in [1.165, 1.54) is 6.07 Å². The molecule has 3 rings (SSSR count). The van der Waals surface area contributed by atoms with Crippen molar-refractivity contribution in [3.63, 3.8) is 0 Å². The summed E-state index contributed by atoms with van der Waals surface area (Å²) in [4.78, 5) is 4.77. The molecule has 0 saturated carbocycles. The maximum absolute atomic E-state index is 10.2. The topological polar surface area (TPSA) is 128 Å². The summed E-state index contributed by atoms with van der Waals surface area (Å²) < 4.78 is 2.06. The van der Waals surface area contributed by atoms with Gasteiger partial charge in [0.25, 0.3) is 0 Å². The van der Waals surface area contributed by atoms with Gasteiger partial charge < -0.3 is 30.5 Å². The molecule has 0 radical (unpaired) electrons. The zero-order valence-electron chi connectivity index (χ0n) is 19.0. The molecule has 1 atom stereocenters. The van der Waals surface area contributed by atoms with Crippen molar-refractivity contribution in [3.8, 4) is 22.9 Å². The summed E-state index contributed by atoms with van der Waals surface area (Å²) in [5.41, 5.74) is 2.79. The van der Waals surface area contributed by atoms with Gasteiger partial charge in [-0.05, 0) is 32.3 Å². The molecule has 0 saturated heterocycles. The highest BCUT2D eigenvalue weighted by molar-refractivity contribution is 6.32. The van der Waals surface area contributed by atoms with Crippen LogP contribution in [0.1, 0.15) is 64.3 Å². The number of hydrogen-bond donors (Lipinski definition) is 5. The molecule has 0 aromatic heterocycles. The number of anilines is 2. The molecule has 1 aromatic carbocycles. The van der Waals surface area contributed by atoms with Crippen LogP contribution in [0.4, 0.5) is 11.8 Å². The molecule has 0 amide bonds. The minimum atomic E-state index is -0.360. The Labute approximate surface area is 192 Å². The van der Waals surface area contributed by atoms with Crippen LogP contribution in [0.5, 0.6) is 11.5 Å². The molecule has 2 aliphatic heterocycles. The van der Waals surface area contributed by atoms with Gasteiger partial charge in [0.1, 0.15) is 0 Å². The second-order valence-corrected chi connectivity index (χ2v) is 8.78. The Morgan fingerprint density at radius 1 is 1.09 bits per heavy atom. The first kappa shape index (κ1) is 23.9. The number of aromatic hydroxyl groups is 2. The van der Waals surface area contributed by atoms with Gasteiger partial charge in [-0.25, -0.2) is 0 Å². The number of rotatable bonds is 9. The van der Waals surface area contributed by atoms with E-state index in [9.17, 15) is 15.3 Å². The quantitative estimate of drug-likeness (QED) is 0.297. The van der Waals surface area contributed by atoms with E-state index in [-0.39, 0.29) is 47.7 Å². The average Bonchev–Trinajstić information content (AvgIpc) is 3.20. The van der Waals surface area contributed by atoms with Crippen molar-refractivity contribution < 1.29 is 15.3 Å². The molecule has 2 aliphatic rings. The van der Waals surface area contributed by atoms with E-state index < -0.39 is 0 Å². The molecule has 2 heterocycles. The largest absolute Gasteiger partial charge is 0.504 e. The second kappa shape index (κ2) is 9.79. The van der Waals surface area contributed by atoms with Crippen molar-refractivity contribution >= 4 is 23.4 Å². The molecule has 32 heavy (non-hydrogen) atoms. The second-order valence-electron chi connectivity index (χ2n) is 8.37. The molecule has 0 aliphatic carbocycles. The van der Waals surface area contributed by atoms with Crippen LogP contribution in [0.3, 0.4) is 0 Å². The van der Waals surface area contributed by atoms with Crippen molar-refractivity contribution in [3.05, 3.63) is 28.4 Å². The Morgan fingerprint density at radius 2 is 1.81 bits per heavy atom. The average molecular weight is 463 g/mol. The maximum atomic E-state index is 10.2. The van der Waals surface area contributed by atoms with Crippen molar-refractivity contribution in [2.24, 2.45) is 0 Å². The first-order valence-electron chi connectivity index (χ1n) is 10.8. The molecular weight excluding hydrogens is 432 g/mol. The van der Waals surface area contributed by atoms with Crippen LogP contribution in [0, 0.1) is 0 Å². The number of aromatic nitrogens is 4. The minimum absolute atomic E-state index is 0.0243. The van der Waals surface area contributed by atoms with Crippen LogP contribution < -0.4 is 10.6 Å². The third-order valence-corrected chi connectivity index (χ3v) is 5.68. The first-order valence-corrected chi connectivity index (χ1v) is 11.2. The van der Waals surface area contributed by atoms with Gasteiger partial charge in [0.2, 0.25) is 5.95 Å². The summed E-state index contributed by atoms with van der Waals surface area (Å²) in [6, 6.07) is 3.06. The molecule has 5 N–H and O–H groups in total. The van der Waals surface area contributed by atoms with Crippen LogP contribution >= 0.6 is 11.6 Å². The Bertz CT molecular complexity index is 1050. The van der Waals surface area contributed by atoms with E-state index >= 15 is 0 Å². The maximum Gasteiger partial charge on any atom is 0.205 e. The Kier molecular flexibility index (Phi) is 7.30. The zero-order valence-corrected chi connectivity index (χ0v) is 19.8. The number of phenols is 2. The molecule has 1 aromatic rings. The fourth-order valence-corrected chi connectivity index (χ4v) is 3.68. The van der Waals surface area contributed by atoms with E-state index in [1.807, 2.05) is 6.92 Å². The highest BCUT2D eigenvalue weighted by atomic mass is 35.5. The number of aliphatic hydroxyl groups excluding tert-OH is 1. The normalized spacial score (nSPS) is 12.7. The molecule has 9 nitrogen and oxygen atoms in total. The molecule has 1 unspecified atom stereocenters. The van der Waals surface area contributed by atoms with Crippen molar-refractivity contribution in [1.29, 1.82) is 0 Å². The smallest absolute Gasteiger partial charge is 0.205 e. The summed E-state index contributed by atoms with van der Waals surface area (Å²) >= 11 is 5.86. The van der Waals surface area contributed by atoms with Crippen molar-refractivity contribution in [2.75, 3.05) is 17.2 Å². The number of fused-ring (bicyclic) bond motifs is 1. The van der Waals surface area contributed by atoms with Crippen molar-refractivity contribution in [2.45, 2.75) is 65.6 Å². The van der Waals surface area contributed by atoms with Crippen LogP contribution in [0.2, 0.25) is 5.02 Å². The summed E-state index contributed by atoms with van der Waals surface area (Å²) in [6.45, 7) is 10.4. The molecule has 0 fully saturated rings. The molecular formula is C22H31ClN6O3. The fraction of sp³-hybridized carbons (Fsp3) is 0.500. The third kappa shape index (κ3) is 4.54. The van der Waals surface area contributed by atoms with Crippen LogP contribution in [-0.4, -0.2) is 47.7 Å². The molecule has 0 spiro atoms. The van der Waals surface area contributed by atoms with E-state index in [0.29, 0.717) is 23.0 Å². The van der Waals surface area contributed by atoms with Gasteiger partial charge in [-0.1, -0.05) is 38.4 Å². The van der Waals surface area contributed by atoms with E-state index in [2.05, 4.69) is 53.1 Å². The van der Waals surface area contributed by atoms with Crippen molar-refractivity contribution in [1.82, 2.24) is 19.7 Å². The van der Waals surface area contributed by atoms with Gasteiger partial charge in [0.05, 0.1) is 29.1 Å². The number of nitrogens with zero attached hydrogens (tertiary/aromatic N) is 4. The van der Waals surface area contributed by atoms with Gasteiger partial charge in [0, 0.05) is 18.2 Å². The van der Waals surface area contributed by atoms with Gasteiger partial charge >= 0.3 is 0 Å². The Morgan fingerprint density at radius 3 is 2.41 bits per heavy atom. The van der Waals surface area contributed by atoms with Crippen LogP contribution in [0.15, 0.2) is 12.1 Å². The summed E-state index contributed by atoms with van der Waals surface area (Å²) in [5.74, 6) is 0.581. The standard InChI is InChI=1S/C22H31ClN6O3/c1-6-14(10-30)25-22-26-21(24-9-13-7-8-15(23)20(32)19(13)31)17-18(29(22)12(4)5)16(11(2)3)27-28-17/h7-8,11-12,14,24,30-32H,6,9-10H2,1-5H3,(H,25,26). The zero-order chi connectivity index (χ0) is 23.6. The van der Waals surface area contributed by atoms with Gasteiger partial charge in [-0.2, -0.15) is 10.1 Å². The number of hydrogen-bond acceptors (Lipinski definition) is 8. The summed E-state index contributed by atoms with van der Waals surface area (Å²) in [5, 5.41) is 45.4.